The van der Waals surface area contributed by atoms with E-state index in [-0.39, 0.29) is 5.91 Å². The van der Waals surface area contributed by atoms with Gasteiger partial charge in [0.1, 0.15) is 0 Å². The molecular weight excluding hydrogens is 260 g/mol. The Kier molecular flexibility index (Phi) is 5.43. The van der Waals surface area contributed by atoms with Crippen LogP contribution in [0.25, 0.3) is 5.70 Å². The van der Waals surface area contributed by atoms with Crippen LogP contribution in [0.15, 0.2) is 30.3 Å². The summed E-state index contributed by atoms with van der Waals surface area (Å²) < 4.78 is 0. The summed E-state index contributed by atoms with van der Waals surface area (Å²) in [6.45, 7) is 8.03. The predicted octanol–water partition coefficient (Wildman–Crippen LogP) is 3.81. The molecule has 0 saturated carbocycles. The first kappa shape index (κ1) is 15.6. The second-order valence-electron chi connectivity index (χ2n) is 6.07. The molecule has 0 unspecified atom stereocenters. The van der Waals surface area contributed by atoms with E-state index in [0.29, 0.717) is 5.92 Å². The van der Waals surface area contributed by atoms with Gasteiger partial charge in [-0.15, -0.1) is 0 Å². The first-order valence-corrected chi connectivity index (χ1v) is 7.91. The Labute approximate surface area is 128 Å². The minimum atomic E-state index is -0.0182. The summed E-state index contributed by atoms with van der Waals surface area (Å²) in [5.41, 5.74) is 3.29. The summed E-state index contributed by atoms with van der Waals surface area (Å²) in [5.74, 6) is 0.372. The van der Waals surface area contributed by atoms with E-state index >= 15 is 0 Å². The van der Waals surface area contributed by atoms with E-state index in [2.05, 4.69) is 48.3 Å². The zero-order valence-corrected chi connectivity index (χ0v) is 13.4. The average Bonchev–Trinajstić information content (AvgIpc) is 2.46. The van der Waals surface area contributed by atoms with Gasteiger partial charge >= 0.3 is 0 Å². The van der Waals surface area contributed by atoms with Crippen molar-refractivity contribution in [2.75, 3.05) is 18.0 Å². The lowest BCUT2D eigenvalue weighted by Crippen LogP contribution is -2.31. The maximum atomic E-state index is 11.5. The first-order chi connectivity index (χ1) is 10.1. The molecule has 1 aromatic rings. The topological polar surface area (TPSA) is 32.3 Å². The molecule has 1 amide bonds. The summed E-state index contributed by atoms with van der Waals surface area (Å²) in [6.07, 6.45) is 5.94. The maximum absolute atomic E-state index is 11.5. The highest BCUT2D eigenvalue weighted by atomic mass is 16.1. The van der Waals surface area contributed by atoms with E-state index in [0.717, 1.165) is 24.4 Å². The standard InChI is InChI=1S/C18H26N2O/c1-14(2)13-17(19-15(3)21)16-9-5-6-10-18(16)20-11-7-4-8-12-20/h5-6,9-10,13-14H,4,7-8,11-12H2,1-3H3,(H,19,21)/b17-13+. The minimum Gasteiger partial charge on any atom is -0.371 e. The van der Waals surface area contributed by atoms with Crippen LogP contribution >= 0.6 is 0 Å². The quantitative estimate of drug-likeness (QED) is 0.913. The number of allylic oxidation sites excluding steroid dienone is 1. The fourth-order valence-corrected chi connectivity index (χ4v) is 2.83. The number of rotatable bonds is 4. The van der Waals surface area contributed by atoms with Crippen molar-refractivity contribution in [1.82, 2.24) is 5.32 Å². The van der Waals surface area contributed by atoms with Crippen molar-refractivity contribution in [3.05, 3.63) is 35.9 Å². The summed E-state index contributed by atoms with van der Waals surface area (Å²) in [4.78, 5) is 14.0. The van der Waals surface area contributed by atoms with Crippen LogP contribution in [0, 0.1) is 5.92 Å². The summed E-state index contributed by atoms with van der Waals surface area (Å²) >= 11 is 0. The van der Waals surface area contributed by atoms with Crippen LogP contribution in [0.1, 0.15) is 45.6 Å². The number of carbonyl (C=O) groups excluding carboxylic acids is 1. The molecule has 0 spiro atoms. The number of para-hydroxylation sites is 1. The van der Waals surface area contributed by atoms with Gasteiger partial charge in [-0.3, -0.25) is 4.79 Å². The van der Waals surface area contributed by atoms with Crippen molar-refractivity contribution in [2.45, 2.75) is 40.0 Å². The SMILES string of the molecule is CC(=O)N/C(=C/C(C)C)c1ccccc1N1CCCCC1. The molecule has 1 aliphatic heterocycles. The lowest BCUT2D eigenvalue weighted by molar-refractivity contribution is -0.117. The normalized spacial score (nSPS) is 16.2. The highest BCUT2D eigenvalue weighted by Crippen LogP contribution is 2.29. The molecule has 114 valence electrons. The fourth-order valence-electron chi connectivity index (χ4n) is 2.83. The zero-order chi connectivity index (χ0) is 15.2. The van der Waals surface area contributed by atoms with Crippen LogP contribution in [-0.2, 0) is 4.79 Å². The second kappa shape index (κ2) is 7.30. The Morgan fingerprint density at radius 2 is 1.86 bits per heavy atom. The molecular formula is C18H26N2O. The van der Waals surface area contributed by atoms with Crippen molar-refractivity contribution >= 4 is 17.3 Å². The zero-order valence-electron chi connectivity index (χ0n) is 13.4. The van der Waals surface area contributed by atoms with Gasteiger partial charge in [0.15, 0.2) is 0 Å². The predicted molar refractivity (Wildman–Crippen MR) is 89.1 cm³/mol. The Bertz CT molecular complexity index is 514. The van der Waals surface area contributed by atoms with Crippen LogP contribution in [0.3, 0.4) is 0 Å². The molecule has 0 aliphatic carbocycles. The van der Waals surface area contributed by atoms with Gasteiger partial charge in [-0.2, -0.15) is 0 Å². The first-order valence-electron chi connectivity index (χ1n) is 7.91. The number of anilines is 1. The molecule has 1 heterocycles. The van der Waals surface area contributed by atoms with Crippen LogP contribution in [0.5, 0.6) is 0 Å². The Hall–Kier alpha value is -1.77. The molecule has 1 saturated heterocycles. The summed E-state index contributed by atoms with van der Waals surface area (Å²) in [7, 11) is 0. The Morgan fingerprint density at radius 3 is 2.48 bits per heavy atom. The van der Waals surface area contributed by atoms with E-state index in [9.17, 15) is 4.79 Å². The lowest BCUT2D eigenvalue weighted by atomic mass is 10.0. The van der Waals surface area contributed by atoms with Gasteiger partial charge in [-0.05, 0) is 31.2 Å². The van der Waals surface area contributed by atoms with Gasteiger partial charge in [0.2, 0.25) is 5.91 Å². The molecule has 0 atom stereocenters. The third-order valence-electron chi connectivity index (χ3n) is 3.70. The second-order valence-corrected chi connectivity index (χ2v) is 6.07. The number of nitrogens with zero attached hydrogens (tertiary/aromatic N) is 1. The molecule has 3 nitrogen and oxygen atoms in total. The van der Waals surface area contributed by atoms with Crippen molar-refractivity contribution in [2.24, 2.45) is 5.92 Å². The molecule has 0 bridgehead atoms. The molecule has 1 N–H and O–H groups in total. The largest absolute Gasteiger partial charge is 0.371 e. The molecule has 2 rings (SSSR count). The Morgan fingerprint density at radius 1 is 1.19 bits per heavy atom. The number of hydrogen-bond donors (Lipinski definition) is 1. The average molecular weight is 286 g/mol. The van der Waals surface area contributed by atoms with Gasteiger partial charge in [-0.25, -0.2) is 0 Å². The van der Waals surface area contributed by atoms with E-state index < -0.39 is 0 Å². The highest BCUT2D eigenvalue weighted by Gasteiger charge is 2.16. The third-order valence-corrected chi connectivity index (χ3v) is 3.70. The van der Waals surface area contributed by atoms with E-state index in [4.69, 9.17) is 0 Å². The number of piperidine rings is 1. The molecule has 0 radical (unpaired) electrons. The molecule has 1 aromatic carbocycles. The molecule has 0 aromatic heterocycles. The van der Waals surface area contributed by atoms with Crippen LogP contribution in [0.4, 0.5) is 5.69 Å². The third kappa shape index (κ3) is 4.35. The minimum absolute atomic E-state index is 0.0182. The number of nitrogens with one attached hydrogen (secondary N) is 1. The molecule has 3 heteroatoms. The van der Waals surface area contributed by atoms with Crippen molar-refractivity contribution in [3.8, 4) is 0 Å². The monoisotopic (exact) mass is 286 g/mol. The van der Waals surface area contributed by atoms with Crippen molar-refractivity contribution < 1.29 is 4.79 Å². The van der Waals surface area contributed by atoms with Crippen molar-refractivity contribution in [1.29, 1.82) is 0 Å². The number of carbonyl (C=O) groups is 1. The number of benzene rings is 1. The fraction of sp³-hybridized carbons (Fsp3) is 0.500. The molecule has 21 heavy (non-hydrogen) atoms. The van der Waals surface area contributed by atoms with E-state index in [1.54, 1.807) is 6.92 Å². The smallest absolute Gasteiger partial charge is 0.221 e. The van der Waals surface area contributed by atoms with E-state index in [1.807, 2.05) is 6.07 Å². The van der Waals surface area contributed by atoms with Gasteiger partial charge in [0.05, 0.1) is 0 Å². The van der Waals surface area contributed by atoms with Crippen LogP contribution < -0.4 is 10.2 Å². The van der Waals surface area contributed by atoms with Crippen LogP contribution in [0.2, 0.25) is 0 Å². The Balaban J connectivity index is 2.37. The van der Waals surface area contributed by atoms with Gasteiger partial charge in [0, 0.05) is 37.0 Å². The summed E-state index contributed by atoms with van der Waals surface area (Å²) in [5, 5.41) is 3.00. The summed E-state index contributed by atoms with van der Waals surface area (Å²) in [6, 6.07) is 8.39. The van der Waals surface area contributed by atoms with Gasteiger partial charge < -0.3 is 10.2 Å². The van der Waals surface area contributed by atoms with Crippen LogP contribution in [-0.4, -0.2) is 19.0 Å². The van der Waals surface area contributed by atoms with Crippen molar-refractivity contribution in [3.63, 3.8) is 0 Å². The maximum Gasteiger partial charge on any atom is 0.221 e. The molecule has 1 fully saturated rings. The van der Waals surface area contributed by atoms with Gasteiger partial charge in [-0.1, -0.05) is 38.1 Å². The highest BCUT2D eigenvalue weighted by molar-refractivity contribution is 5.88. The lowest BCUT2D eigenvalue weighted by Gasteiger charge is -2.31. The number of amides is 1. The van der Waals surface area contributed by atoms with Gasteiger partial charge in [0.25, 0.3) is 0 Å². The van der Waals surface area contributed by atoms with E-state index in [1.165, 1.54) is 24.9 Å². The number of hydrogen-bond acceptors (Lipinski definition) is 2. The molecule has 1 aliphatic rings.